The third kappa shape index (κ3) is 1.84. The highest BCUT2D eigenvalue weighted by Crippen LogP contribution is 2.47. The van der Waals surface area contributed by atoms with Crippen molar-refractivity contribution in [3.63, 3.8) is 0 Å². The van der Waals surface area contributed by atoms with Gasteiger partial charge in [0.15, 0.2) is 0 Å². The van der Waals surface area contributed by atoms with E-state index in [1.807, 2.05) is 6.92 Å². The minimum atomic E-state index is -0.420. The summed E-state index contributed by atoms with van der Waals surface area (Å²) in [7, 11) is 0. The van der Waals surface area contributed by atoms with Gasteiger partial charge in [0.2, 0.25) is 0 Å². The maximum atomic E-state index is 11.8. The zero-order valence-electron chi connectivity index (χ0n) is 10.6. The number of hydrogen-bond acceptors (Lipinski definition) is 3. The van der Waals surface area contributed by atoms with Crippen molar-refractivity contribution in [3.8, 4) is 0 Å². The Hall–Kier alpha value is -1.36. The molecule has 0 aliphatic carbocycles. The molecule has 17 heavy (non-hydrogen) atoms. The van der Waals surface area contributed by atoms with Gasteiger partial charge in [-0.05, 0) is 12.8 Å². The predicted octanol–water partition coefficient (Wildman–Crippen LogP) is 1.12. The van der Waals surface area contributed by atoms with Crippen molar-refractivity contribution in [2.45, 2.75) is 40.0 Å². The molecule has 94 valence electrons. The van der Waals surface area contributed by atoms with Crippen molar-refractivity contribution in [1.82, 2.24) is 9.55 Å². The molecule has 5 nitrogen and oxygen atoms in total. The van der Waals surface area contributed by atoms with E-state index in [9.17, 15) is 9.59 Å². The highest BCUT2D eigenvalue weighted by atomic mass is 16.5. The van der Waals surface area contributed by atoms with Crippen LogP contribution in [0, 0.1) is 11.3 Å². The van der Waals surface area contributed by atoms with Crippen molar-refractivity contribution >= 4 is 0 Å². The maximum absolute atomic E-state index is 11.8. The first-order valence-corrected chi connectivity index (χ1v) is 5.81. The Bertz CT molecular complexity index is 529. The Morgan fingerprint density at radius 3 is 2.47 bits per heavy atom. The molecule has 0 bridgehead atoms. The molecule has 0 unspecified atom stereocenters. The van der Waals surface area contributed by atoms with Gasteiger partial charge in [0.25, 0.3) is 5.56 Å². The summed E-state index contributed by atoms with van der Waals surface area (Å²) in [4.78, 5) is 25.0. The van der Waals surface area contributed by atoms with E-state index in [2.05, 4.69) is 25.8 Å². The van der Waals surface area contributed by atoms with E-state index in [0.717, 1.165) is 0 Å². The second-order valence-corrected chi connectivity index (χ2v) is 5.32. The van der Waals surface area contributed by atoms with Crippen LogP contribution in [0.25, 0.3) is 0 Å². The van der Waals surface area contributed by atoms with Crippen molar-refractivity contribution in [3.05, 3.63) is 33.1 Å². The van der Waals surface area contributed by atoms with Crippen molar-refractivity contribution in [1.29, 1.82) is 0 Å². The van der Waals surface area contributed by atoms with Gasteiger partial charge in [0, 0.05) is 17.7 Å². The number of nitrogens with one attached hydrogen (secondary N) is 1. The van der Waals surface area contributed by atoms with E-state index in [4.69, 9.17) is 4.74 Å². The molecule has 2 heterocycles. The Morgan fingerprint density at radius 2 is 2.00 bits per heavy atom. The summed E-state index contributed by atoms with van der Waals surface area (Å²) in [6, 6.07) is 1.34. The molecule has 1 aromatic heterocycles. The summed E-state index contributed by atoms with van der Waals surface area (Å²) in [5.41, 5.74) is -0.957. The Kier molecular flexibility index (Phi) is 2.73. The van der Waals surface area contributed by atoms with E-state index in [1.165, 1.54) is 16.8 Å². The summed E-state index contributed by atoms with van der Waals surface area (Å²) in [5.74, 6) is 0.339. The lowest BCUT2D eigenvalue weighted by Crippen LogP contribution is -2.37. The molecular formula is C12H18N2O3. The molecule has 0 radical (unpaired) electrons. The van der Waals surface area contributed by atoms with Gasteiger partial charge in [0.1, 0.15) is 6.23 Å². The summed E-state index contributed by atoms with van der Waals surface area (Å²) in [5, 5.41) is 0. The van der Waals surface area contributed by atoms with Gasteiger partial charge in [-0.15, -0.1) is 0 Å². The van der Waals surface area contributed by atoms with Gasteiger partial charge in [0.05, 0.1) is 6.10 Å². The number of hydrogen-bond donors (Lipinski definition) is 1. The molecule has 1 aromatic rings. The number of nitrogens with zero attached hydrogens (tertiary/aromatic N) is 1. The van der Waals surface area contributed by atoms with Crippen LogP contribution in [0.3, 0.4) is 0 Å². The molecule has 3 atom stereocenters. The first-order chi connectivity index (χ1) is 7.84. The van der Waals surface area contributed by atoms with Gasteiger partial charge in [-0.1, -0.05) is 20.8 Å². The molecule has 1 aliphatic rings. The highest BCUT2D eigenvalue weighted by Gasteiger charge is 2.47. The van der Waals surface area contributed by atoms with E-state index >= 15 is 0 Å². The quantitative estimate of drug-likeness (QED) is 0.797. The second kappa shape index (κ2) is 3.84. The normalized spacial score (nSPS) is 31.6. The Labute approximate surface area is 99.4 Å². The summed E-state index contributed by atoms with van der Waals surface area (Å²) >= 11 is 0. The standard InChI is InChI=1S/C12H18N2O3/c1-7-8(2)17-10(12(7,3)4)14-6-5-9(15)13-11(14)16/h5-8,10H,1-4H3,(H,13,15,16)/t7-,8-,10-/m1/s1. The average Bonchev–Trinajstić information content (AvgIpc) is 2.43. The summed E-state index contributed by atoms with van der Waals surface area (Å²) in [6.07, 6.45) is 1.25. The molecule has 0 amide bonds. The van der Waals surface area contributed by atoms with Gasteiger partial charge >= 0.3 is 5.69 Å². The molecule has 1 N–H and O–H groups in total. The molecule has 0 saturated carbocycles. The Balaban J connectivity index is 2.48. The van der Waals surface area contributed by atoms with Gasteiger partial charge in [-0.3, -0.25) is 14.3 Å². The van der Waals surface area contributed by atoms with Crippen LogP contribution < -0.4 is 11.2 Å². The molecule has 1 saturated heterocycles. The smallest absolute Gasteiger partial charge is 0.330 e. The minimum absolute atomic E-state index is 0.0915. The van der Waals surface area contributed by atoms with E-state index in [1.54, 1.807) is 0 Å². The molecule has 2 rings (SSSR count). The lowest BCUT2D eigenvalue weighted by molar-refractivity contribution is -0.0280. The van der Waals surface area contributed by atoms with Crippen molar-refractivity contribution in [2.75, 3.05) is 0 Å². The SMILES string of the molecule is C[C@@H]1[C@@H](C)O[C@@H](n2ccc(=O)[nH]c2=O)C1(C)C. The van der Waals surface area contributed by atoms with Gasteiger partial charge in [-0.25, -0.2) is 4.79 Å². The number of aromatic nitrogens is 2. The number of aromatic amines is 1. The number of ether oxygens (including phenoxy) is 1. The molecule has 1 aliphatic heterocycles. The molecule has 0 aromatic carbocycles. The second-order valence-electron chi connectivity index (χ2n) is 5.32. The van der Waals surface area contributed by atoms with E-state index in [-0.39, 0.29) is 23.3 Å². The van der Waals surface area contributed by atoms with Gasteiger partial charge in [-0.2, -0.15) is 0 Å². The fourth-order valence-electron chi connectivity index (χ4n) is 2.36. The highest BCUT2D eigenvalue weighted by molar-refractivity contribution is 4.94. The van der Waals surface area contributed by atoms with Crippen LogP contribution in [-0.4, -0.2) is 15.7 Å². The fraction of sp³-hybridized carbons (Fsp3) is 0.667. The lowest BCUT2D eigenvalue weighted by atomic mass is 9.78. The van der Waals surface area contributed by atoms with Crippen LogP contribution in [0.5, 0.6) is 0 Å². The molecule has 5 heteroatoms. The minimum Gasteiger partial charge on any atom is -0.354 e. The van der Waals surface area contributed by atoms with Crippen LogP contribution in [0.1, 0.15) is 33.9 Å². The molecule has 0 spiro atoms. The molecular weight excluding hydrogens is 220 g/mol. The largest absolute Gasteiger partial charge is 0.354 e. The van der Waals surface area contributed by atoms with Crippen LogP contribution in [-0.2, 0) is 4.74 Å². The zero-order chi connectivity index (χ0) is 12.8. The van der Waals surface area contributed by atoms with Crippen LogP contribution >= 0.6 is 0 Å². The third-order valence-electron chi connectivity index (χ3n) is 3.96. The zero-order valence-corrected chi connectivity index (χ0v) is 10.6. The first-order valence-electron chi connectivity index (χ1n) is 5.81. The number of H-pyrrole nitrogens is 1. The topological polar surface area (TPSA) is 64.1 Å². The predicted molar refractivity (Wildman–Crippen MR) is 63.9 cm³/mol. The number of rotatable bonds is 1. The van der Waals surface area contributed by atoms with Crippen molar-refractivity contribution in [2.24, 2.45) is 11.3 Å². The van der Waals surface area contributed by atoms with Crippen LogP contribution in [0.2, 0.25) is 0 Å². The lowest BCUT2D eigenvalue weighted by Gasteiger charge is -2.29. The fourth-order valence-corrected chi connectivity index (χ4v) is 2.36. The summed E-state index contributed by atoms with van der Waals surface area (Å²) < 4.78 is 7.30. The van der Waals surface area contributed by atoms with Gasteiger partial charge < -0.3 is 4.74 Å². The van der Waals surface area contributed by atoms with Crippen LogP contribution in [0.4, 0.5) is 0 Å². The molecule has 1 fully saturated rings. The average molecular weight is 238 g/mol. The summed E-state index contributed by atoms with van der Waals surface area (Å²) in [6.45, 7) is 8.26. The third-order valence-corrected chi connectivity index (χ3v) is 3.96. The van der Waals surface area contributed by atoms with E-state index in [0.29, 0.717) is 5.92 Å². The van der Waals surface area contributed by atoms with Crippen molar-refractivity contribution < 1.29 is 4.74 Å². The maximum Gasteiger partial charge on any atom is 0.330 e. The monoisotopic (exact) mass is 238 g/mol. The van der Waals surface area contributed by atoms with Crippen LogP contribution in [0.15, 0.2) is 21.9 Å². The van der Waals surface area contributed by atoms with E-state index < -0.39 is 5.69 Å². The Morgan fingerprint density at radius 1 is 1.35 bits per heavy atom. The first kappa shape index (κ1) is 12.1.